The van der Waals surface area contributed by atoms with Gasteiger partial charge in [-0.1, -0.05) is 43.6 Å². The Hall–Kier alpha value is -0.560. The van der Waals surface area contributed by atoms with Gasteiger partial charge in [0.15, 0.2) is 0 Å². The Morgan fingerprint density at radius 2 is 2.00 bits per heavy atom. The minimum atomic E-state index is -3.64. The van der Waals surface area contributed by atoms with E-state index in [4.69, 9.17) is 11.6 Å². The predicted molar refractivity (Wildman–Crippen MR) is 93.1 cm³/mol. The lowest BCUT2D eigenvalue weighted by atomic mass is 9.99. The average molecular weight is 409 g/mol. The standard InChI is InChI=1S/C14H15BrClNO2S2/c1-8(2)10-6-4-5-9(3)13(10)17-21(18,19)12-7-11(16)14(15)20-12/h4-8,17H,1-3H3. The van der Waals surface area contributed by atoms with Crippen molar-refractivity contribution in [3.05, 3.63) is 44.2 Å². The summed E-state index contributed by atoms with van der Waals surface area (Å²) in [4.78, 5) is 0. The third kappa shape index (κ3) is 3.62. The lowest BCUT2D eigenvalue weighted by Gasteiger charge is -2.16. The van der Waals surface area contributed by atoms with Gasteiger partial charge in [-0.05, 0) is 46.0 Å². The number of benzene rings is 1. The summed E-state index contributed by atoms with van der Waals surface area (Å²) in [6.45, 7) is 5.96. The molecule has 0 fully saturated rings. The van der Waals surface area contributed by atoms with Crippen LogP contribution >= 0.6 is 38.9 Å². The normalized spacial score (nSPS) is 11.9. The van der Waals surface area contributed by atoms with E-state index in [1.165, 1.54) is 6.07 Å². The van der Waals surface area contributed by atoms with E-state index in [2.05, 4.69) is 20.7 Å². The molecule has 0 amide bonds. The van der Waals surface area contributed by atoms with Crippen LogP contribution in [0.4, 0.5) is 5.69 Å². The quantitative estimate of drug-likeness (QED) is 0.736. The molecule has 0 atom stereocenters. The van der Waals surface area contributed by atoms with Gasteiger partial charge in [-0.15, -0.1) is 11.3 Å². The first-order chi connectivity index (χ1) is 9.72. The first-order valence-electron chi connectivity index (χ1n) is 6.29. The van der Waals surface area contributed by atoms with Gasteiger partial charge < -0.3 is 0 Å². The summed E-state index contributed by atoms with van der Waals surface area (Å²) in [5.74, 6) is 0.223. The summed E-state index contributed by atoms with van der Waals surface area (Å²) in [6.07, 6.45) is 0. The van der Waals surface area contributed by atoms with E-state index in [1.54, 1.807) is 0 Å². The van der Waals surface area contributed by atoms with Crippen LogP contribution in [0.1, 0.15) is 30.9 Å². The molecule has 0 saturated carbocycles. The van der Waals surface area contributed by atoms with Crippen LogP contribution in [0, 0.1) is 6.92 Å². The zero-order valence-electron chi connectivity index (χ0n) is 11.8. The first-order valence-corrected chi connectivity index (χ1v) is 9.76. The van der Waals surface area contributed by atoms with Crippen LogP contribution in [-0.2, 0) is 10.0 Å². The fourth-order valence-electron chi connectivity index (χ4n) is 1.95. The number of sulfonamides is 1. The monoisotopic (exact) mass is 407 g/mol. The molecule has 114 valence electrons. The van der Waals surface area contributed by atoms with Crippen LogP contribution in [0.25, 0.3) is 0 Å². The van der Waals surface area contributed by atoms with Crippen LogP contribution in [0.3, 0.4) is 0 Å². The first kappa shape index (κ1) is 16.8. The maximum atomic E-state index is 12.5. The summed E-state index contributed by atoms with van der Waals surface area (Å²) < 4.78 is 28.5. The van der Waals surface area contributed by atoms with Gasteiger partial charge in [-0.25, -0.2) is 8.42 Å². The number of aryl methyl sites for hydroxylation is 1. The van der Waals surface area contributed by atoms with Crippen LogP contribution in [-0.4, -0.2) is 8.42 Å². The molecule has 0 aliphatic rings. The molecule has 0 radical (unpaired) electrons. The summed E-state index contributed by atoms with van der Waals surface area (Å²) in [5.41, 5.74) is 2.51. The second-order valence-electron chi connectivity index (χ2n) is 4.99. The number of rotatable bonds is 4. The molecule has 1 N–H and O–H groups in total. The van der Waals surface area contributed by atoms with Gasteiger partial charge in [0.1, 0.15) is 4.21 Å². The van der Waals surface area contributed by atoms with Gasteiger partial charge >= 0.3 is 0 Å². The number of anilines is 1. The number of hydrogen-bond donors (Lipinski definition) is 1. The number of hydrogen-bond acceptors (Lipinski definition) is 3. The van der Waals surface area contributed by atoms with E-state index in [-0.39, 0.29) is 10.1 Å². The molecular weight excluding hydrogens is 394 g/mol. The van der Waals surface area contributed by atoms with E-state index in [1.807, 2.05) is 39.0 Å². The van der Waals surface area contributed by atoms with Crippen molar-refractivity contribution in [1.29, 1.82) is 0 Å². The molecule has 2 rings (SSSR count). The number of thiophene rings is 1. The van der Waals surface area contributed by atoms with Crippen molar-refractivity contribution in [2.75, 3.05) is 4.72 Å². The molecule has 7 heteroatoms. The molecular formula is C14H15BrClNO2S2. The van der Waals surface area contributed by atoms with Crippen molar-refractivity contribution in [2.24, 2.45) is 0 Å². The molecule has 1 aromatic heterocycles. The smallest absolute Gasteiger partial charge is 0.271 e. The number of nitrogens with one attached hydrogen (secondary N) is 1. The van der Waals surface area contributed by atoms with Gasteiger partial charge in [0.2, 0.25) is 0 Å². The lowest BCUT2D eigenvalue weighted by molar-refractivity contribution is 0.603. The van der Waals surface area contributed by atoms with E-state index < -0.39 is 10.0 Å². The molecule has 3 nitrogen and oxygen atoms in total. The topological polar surface area (TPSA) is 46.2 Å². The highest BCUT2D eigenvalue weighted by Gasteiger charge is 2.21. The van der Waals surface area contributed by atoms with Crippen molar-refractivity contribution < 1.29 is 8.42 Å². The van der Waals surface area contributed by atoms with Crippen LogP contribution in [0.15, 0.2) is 32.3 Å². The maximum absolute atomic E-state index is 12.5. The Morgan fingerprint density at radius 3 is 2.52 bits per heavy atom. The highest BCUT2D eigenvalue weighted by molar-refractivity contribution is 9.11. The van der Waals surface area contributed by atoms with E-state index >= 15 is 0 Å². The minimum absolute atomic E-state index is 0.192. The molecule has 1 heterocycles. The Balaban J connectivity index is 2.46. The summed E-state index contributed by atoms with van der Waals surface area (Å²) in [5, 5.41) is 0.397. The number of para-hydroxylation sites is 1. The third-order valence-electron chi connectivity index (χ3n) is 3.05. The Morgan fingerprint density at radius 1 is 1.33 bits per heavy atom. The van der Waals surface area contributed by atoms with Crippen molar-refractivity contribution in [2.45, 2.75) is 30.9 Å². The van der Waals surface area contributed by atoms with Crippen LogP contribution < -0.4 is 4.72 Å². The third-order valence-corrected chi connectivity index (χ3v) is 7.35. The zero-order valence-corrected chi connectivity index (χ0v) is 15.8. The van der Waals surface area contributed by atoms with Crippen molar-refractivity contribution >= 4 is 54.6 Å². The summed E-state index contributed by atoms with van der Waals surface area (Å²) >= 11 is 10.3. The Kier molecular flexibility index (Phi) is 5.03. The predicted octanol–water partition coefficient (Wildman–Crippen LogP) is 5.40. The molecule has 21 heavy (non-hydrogen) atoms. The van der Waals surface area contributed by atoms with Crippen molar-refractivity contribution in [1.82, 2.24) is 0 Å². The maximum Gasteiger partial charge on any atom is 0.271 e. The fourth-order valence-corrected chi connectivity index (χ4v) is 5.51. The molecule has 2 aromatic rings. The molecule has 0 aliphatic heterocycles. The van der Waals surface area contributed by atoms with E-state index in [0.717, 1.165) is 22.5 Å². The molecule has 0 spiro atoms. The van der Waals surface area contributed by atoms with E-state index in [9.17, 15) is 8.42 Å². The molecule has 0 aliphatic carbocycles. The second kappa shape index (κ2) is 6.28. The summed E-state index contributed by atoms with van der Waals surface area (Å²) in [7, 11) is -3.64. The Bertz CT molecular complexity index is 750. The van der Waals surface area contributed by atoms with Gasteiger partial charge in [-0.2, -0.15) is 0 Å². The highest BCUT2D eigenvalue weighted by Crippen LogP contribution is 2.36. The van der Waals surface area contributed by atoms with E-state index in [0.29, 0.717) is 14.5 Å². The van der Waals surface area contributed by atoms with Gasteiger partial charge in [0, 0.05) is 0 Å². The van der Waals surface area contributed by atoms with Crippen molar-refractivity contribution in [3.8, 4) is 0 Å². The molecule has 0 unspecified atom stereocenters. The largest absolute Gasteiger partial charge is 0.278 e. The van der Waals surface area contributed by atoms with Gasteiger partial charge in [0.25, 0.3) is 10.0 Å². The minimum Gasteiger partial charge on any atom is -0.278 e. The lowest BCUT2D eigenvalue weighted by Crippen LogP contribution is -2.14. The fraction of sp³-hybridized carbons (Fsp3) is 0.286. The van der Waals surface area contributed by atoms with Crippen LogP contribution in [0.2, 0.25) is 5.02 Å². The zero-order chi connectivity index (χ0) is 15.8. The van der Waals surface area contributed by atoms with Crippen LogP contribution in [0.5, 0.6) is 0 Å². The average Bonchev–Trinajstić information content (AvgIpc) is 2.72. The van der Waals surface area contributed by atoms with Gasteiger partial charge in [0.05, 0.1) is 14.5 Å². The summed E-state index contributed by atoms with van der Waals surface area (Å²) in [6, 6.07) is 7.21. The van der Waals surface area contributed by atoms with Gasteiger partial charge in [-0.3, -0.25) is 4.72 Å². The number of halogens is 2. The SMILES string of the molecule is Cc1cccc(C(C)C)c1NS(=O)(=O)c1cc(Cl)c(Br)s1. The van der Waals surface area contributed by atoms with Crippen molar-refractivity contribution in [3.63, 3.8) is 0 Å². The molecule has 0 saturated heterocycles. The second-order valence-corrected chi connectivity index (χ2v) is 9.67. The highest BCUT2D eigenvalue weighted by atomic mass is 79.9. The molecule has 0 bridgehead atoms. The molecule has 1 aromatic carbocycles. The Labute approximate surface area is 142 Å².